The zero-order valence-electron chi connectivity index (χ0n) is 23.1. The number of fused-ring (bicyclic) bond motifs is 1. The van der Waals surface area contributed by atoms with Gasteiger partial charge in [0.05, 0.1) is 29.4 Å². The standard InChI is InChI=1S/C30H26F3N5O4/c1-34-28(39)22-17-20(13-14-35-22)41-19-10-11-23-21(16-19)36-29(37(23)2)38(3)24-15-18(30(31,32)33)9-12-25(24)42-27-8-6-5-7-26(27)40-4/h5-17H,1-4H3,(H,34,39). The van der Waals surface area contributed by atoms with Crippen LogP contribution in [0.4, 0.5) is 24.8 Å². The summed E-state index contributed by atoms with van der Waals surface area (Å²) in [6.45, 7) is 0. The maximum Gasteiger partial charge on any atom is 0.416 e. The summed E-state index contributed by atoms with van der Waals surface area (Å²) >= 11 is 0. The van der Waals surface area contributed by atoms with Crippen molar-refractivity contribution < 1.29 is 32.2 Å². The number of pyridine rings is 1. The topological polar surface area (TPSA) is 90.7 Å². The molecule has 0 saturated carbocycles. The van der Waals surface area contributed by atoms with E-state index in [-0.39, 0.29) is 23.0 Å². The lowest BCUT2D eigenvalue weighted by Gasteiger charge is -2.23. The Kier molecular flexibility index (Phi) is 7.62. The van der Waals surface area contributed by atoms with E-state index < -0.39 is 11.7 Å². The van der Waals surface area contributed by atoms with Crippen LogP contribution in [0.1, 0.15) is 16.1 Å². The highest BCUT2D eigenvalue weighted by atomic mass is 19.4. The molecule has 0 atom stereocenters. The maximum absolute atomic E-state index is 13.7. The van der Waals surface area contributed by atoms with Crippen molar-refractivity contribution >= 4 is 28.6 Å². The highest BCUT2D eigenvalue weighted by molar-refractivity contribution is 5.92. The molecule has 0 aliphatic carbocycles. The van der Waals surface area contributed by atoms with E-state index in [0.29, 0.717) is 40.0 Å². The summed E-state index contributed by atoms with van der Waals surface area (Å²) in [6.07, 6.45) is -3.10. The summed E-state index contributed by atoms with van der Waals surface area (Å²) < 4.78 is 60.3. The van der Waals surface area contributed by atoms with Gasteiger partial charge < -0.3 is 29.0 Å². The monoisotopic (exact) mass is 577 g/mol. The molecule has 2 aromatic heterocycles. The Bertz CT molecular complexity index is 1770. The molecular formula is C30H26F3N5O4. The van der Waals surface area contributed by atoms with Gasteiger partial charge in [-0.25, -0.2) is 4.98 Å². The zero-order chi connectivity index (χ0) is 30.0. The number of benzene rings is 3. The van der Waals surface area contributed by atoms with Crippen LogP contribution in [0.2, 0.25) is 0 Å². The number of amides is 1. The van der Waals surface area contributed by atoms with Gasteiger partial charge in [-0.1, -0.05) is 12.1 Å². The summed E-state index contributed by atoms with van der Waals surface area (Å²) in [7, 11) is 6.36. The van der Waals surface area contributed by atoms with Crippen LogP contribution >= 0.6 is 0 Å². The number of carbonyl (C=O) groups is 1. The number of halogens is 3. The summed E-state index contributed by atoms with van der Waals surface area (Å²) in [5.74, 6) is 1.81. The predicted octanol–water partition coefficient (Wildman–Crippen LogP) is 6.71. The second-order valence-corrected chi connectivity index (χ2v) is 9.17. The molecule has 9 nitrogen and oxygen atoms in total. The molecule has 0 aliphatic rings. The number of para-hydroxylation sites is 2. The number of hydrogen-bond acceptors (Lipinski definition) is 7. The lowest BCUT2D eigenvalue weighted by atomic mass is 10.1. The minimum atomic E-state index is -4.57. The van der Waals surface area contributed by atoms with Gasteiger partial charge in [0.1, 0.15) is 17.2 Å². The first-order chi connectivity index (χ1) is 20.1. The quantitative estimate of drug-likeness (QED) is 0.219. The second kappa shape index (κ2) is 11.3. The normalized spacial score (nSPS) is 11.3. The van der Waals surface area contributed by atoms with Gasteiger partial charge in [0, 0.05) is 39.5 Å². The van der Waals surface area contributed by atoms with E-state index in [1.165, 1.54) is 37.4 Å². The minimum Gasteiger partial charge on any atom is -0.493 e. The highest BCUT2D eigenvalue weighted by Crippen LogP contribution is 2.42. The maximum atomic E-state index is 13.7. The Morgan fingerprint density at radius 1 is 0.929 bits per heavy atom. The van der Waals surface area contributed by atoms with Crippen molar-refractivity contribution in [1.29, 1.82) is 0 Å². The number of alkyl halides is 3. The van der Waals surface area contributed by atoms with Gasteiger partial charge in [-0.2, -0.15) is 13.2 Å². The minimum absolute atomic E-state index is 0.143. The summed E-state index contributed by atoms with van der Waals surface area (Å²) in [5.41, 5.74) is 0.759. The fraction of sp³-hybridized carbons (Fsp3) is 0.167. The van der Waals surface area contributed by atoms with Crippen LogP contribution in [0.5, 0.6) is 28.7 Å². The van der Waals surface area contributed by atoms with E-state index in [9.17, 15) is 18.0 Å². The van der Waals surface area contributed by atoms with Crippen LogP contribution in [0.25, 0.3) is 11.0 Å². The molecule has 12 heteroatoms. The van der Waals surface area contributed by atoms with Gasteiger partial charge in [-0.05, 0) is 48.5 Å². The van der Waals surface area contributed by atoms with Crippen LogP contribution < -0.4 is 24.4 Å². The number of aryl methyl sites for hydroxylation is 1. The molecule has 0 fully saturated rings. The van der Waals surface area contributed by atoms with Crippen molar-refractivity contribution in [3.63, 3.8) is 0 Å². The van der Waals surface area contributed by atoms with Gasteiger partial charge in [-0.15, -0.1) is 0 Å². The SMILES string of the molecule is CNC(=O)c1cc(Oc2ccc3c(c2)nc(N(C)c2cc(C(F)(F)F)ccc2Oc2ccccc2OC)n3C)ccn1. The molecule has 0 spiro atoms. The van der Waals surface area contributed by atoms with Crippen LogP contribution in [-0.4, -0.2) is 41.6 Å². The first-order valence-electron chi connectivity index (χ1n) is 12.7. The number of anilines is 2. The van der Waals surface area contributed by atoms with Gasteiger partial charge in [0.15, 0.2) is 17.2 Å². The number of carbonyl (C=O) groups excluding carboxylic acids is 1. The first kappa shape index (κ1) is 28.3. The zero-order valence-corrected chi connectivity index (χ0v) is 23.1. The molecule has 0 aliphatic heterocycles. The number of nitrogens with zero attached hydrogens (tertiary/aromatic N) is 4. The van der Waals surface area contributed by atoms with Gasteiger partial charge in [-0.3, -0.25) is 9.78 Å². The van der Waals surface area contributed by atoms with Gasteiger partial charge in [0.2, 0.25) is 5.95 Å². The van der Waals surface area contributed by atoms with Gasteiger partial charge >= 0.3 is 6.18 Å². The van der Waals surface area contributed by atoms with Crippen molar-refractivity contribution in [1.82, 2.24) is 19.9 Å². The average molecular weight is 578 g/mol. The predicted molar refractivity (Wildman–Crippen MR) is 151 cm³/mol. The van der Waals surface area contributed by atoms with Crippen LogP contribution in [0.3, 0.4) is 0 Å². The number of imidazole rings is 1. The summed E-state index contributed by atoms with van der Waals surface area (Å²) in [6, 6.07) is 18.5. The largest absolute Gasteiger partial charge is 0.493 e. The van der Waals surface area contributed by atoms with E-state index in [1.54, 1.807) is 67.2 Å². The van der Waals surface area contributed by atoms with Crippen molar-refractivity contribution in [2.24, 2.45) is 7.05 Å². The number of aromatic nitrogens is 3. The molecule has 0 radical (unpaired) electrons. The fourth-order valence-electron chi connectivity index (χ4n) is 4.36. The van der Waals surface area contributed by atoms with Crippen LogP contribution in [0.15, 0.2) is 79.0 Å². The third kappa shape index (κ3) is 5.64. The Morgan fingerprint density at radius 3 is 2.38 bits per heavy atom. The van der Waals surface area contributed by atoms with Crippen molar-refractivity contribution in [2.45, 2.75) is 6.18 Å². The molecule has 5 rings (SSSR count). The molecule has 3 aromatic carbocycles. The third-order valence-electron chi connectivity index (χ3n) is 6.49. The number of hydrogen-bond donors (Lipinski definition) is 1. The number of methoxy groups -OCH3 is 1. The Morgan fingerprint density at radius 2 is 1.67 bits per heavy atom. The molecule has 1 amide bonds. The van der Waals surface area contributed by atoms with Crippen LogP contribution in [0, 0.1) is 0 Å². The van der Waals surface area contributed by atoms with Gasteiger partial charge in [0.25, 0.3) is 5.91 Å². The second-order valence-electron chi connectivity index (χ2n) is 9.17. The smallest absolute Gasteiger partial charge is 0.416 e. The molecule has 0 saturated heterocycles. The molecule has 1 N–H and O–H groups in total. The van der Waals surface area contributed by atoms with Crippen LogP contribution in [-0.2, 0) is 13.2 Å². The first-order valence-corrected chi connectivity index (χ1v) is 12.7. The molecule has 0 bridgehead atoms. The number of ether oxygens (including phenoxy) is 3. The molecule has 42 heavy (non-hydrogen) atoms. The van der Waals surface area contributed by atoms with E-state index in [2.05, 4.69) is 10.3 Å². The molecule has 216 valence electrons. The van der Waals surface area contributed by atoms with E-state index in [1.807, 2.05) is 0 Å². The highest BCUT2D eigenvalue weighted by Gasteiger charge is 2.32. The summed E-state index contributed by atoms with van der Waals surface area (Å²) in [4.78, 5) is 22.2. The fourth-order valence-corrected chi connectivity index (χ4v) is 4.36. The molecule has 0 unspecified atom stereocenters. The Labute approximate surface area is 239 Å². The summed E-state index contributed by atoms with van der Waals surface area (Å²) in [5, 5.41) is 2.51. The van der Waals surface area contributed by atoms with E-state index >= 15 is 0 Å². The van der Waals surface area contributed by atoms with Crippen molar-refractivity contribution in [2.75, 3.05) is 26.1 Å². The lowest BCUT2D eigenvalue weighted by molar-refractivity contribution is -0.137. The van der Waals surface area contributed by atoms with Crippen molar-refractivity contribution in [3.8, 4) is 28.7 Å². The molecule has 2 heterocycles. The Balaban J connectivity index is 1.52. The number of nitrogens with one attached hydrogen (secondary N) is 1. The molecular weight excluding hydrogens is 551 g/mol. The lowest BCUT2D eigenvalue weighted by Crippen LogP contribution is -2.18. The molecule has 5 aromatic rings. The van der Waals surface area contributed by atoms with E-state index in [0.717, 1.165) is 12.1 Å². The Hall–Kier alpha value is -5.26. The third-order valence-corrected chi connectivity index (χ3v) is 6.49. The van der Waals surface area contributed by atoms with E-state index in [4.69, 9.17) is 19.2 Å². The number of rotatable bonds is 8. The average Bonchev–Trinajstić information content (AvgIpc) is 3.31. The van der Waals surface area contributed by atoms with Crippen molar-refractivity contribution in [3.05, 3.63) is 90.3 Å².